The fourth-order valence-electron chi connectivity index (χ4n) is 1.89. The molecule has 6 heteroatoms. The predicted molar refractivity (Wildman–Crippen MR) is 83.7 cm³/mol. The molecular weight excluding hydrogens is 294 g/mol. The fraction of sp³-hybridized carbons (Fsp3) is 0.714. The summed E-state index contributed by atoms with van der Waals surface area (Å²) >= 11 is 1.27. The Balaban J connectivity index is 2.88. The highest BCUT2D eigenvalue weighted by molar-refractivity contribution is 7.91. The van der Waals surface area contributed by atoms with E-state index < -0.39 is 10.0 Å². The van der Waals surface area contributed by atoms with Crippen molar-refractivity contribution in [1.82, 2.24) is 4.31 Å². The summed E-state index contributed by atoms with van der Waals surface area (Å²) in [5.74, 6) is 0. The molecule has 0 aliphatic heterocycles. The maximum atomic E-state index is 12.6. The van der Waals surface area contributed by atoms with Crippen molar-refractivity contribution in [2.24, 2.45) is 0 Å². The Morgan fingerprint density at radius 1 is 1.15 bits per heavy atom. The molecule has 1 aromatic heterocycles. The minimum Gasteiger partial charge on any atom is -0.396 e. The zero-order chi connectivity index (χ0) is 15.0. The van der Waals surface area contributed by atoms with Gasteiger partial charge in [-0.25, -0.2) is 8.42 Å². The number of sulfonamides is 1. The molecule has 116 valence electrons. The average Bonchev–Trinajstić information content (AvgIpc) is 2.88. The van der Waals surface area contributed by atoms with Crippen LogP contribution in [0.4, 0.5) is 0 Å². The van der Waals surface area contributed by atoms with E-state index in [1.807, 2.05) is 0 Å². The van der Waals surface area contributed by atoms with Crippen LogP contribution in [0, 0.1) is 0 Å². The van der Waals surface area contributed by atoms with Crippen molar-refractivity contribution in [2.45, 2.75) is 50.2 Å². The molecule has 0 bridgehead atoms. The Hall–Kier alpha value is -0.430. The van der Waals surface area contributed by atoms with Crippen molar-refractivity contribution < 1.29 is 13.5 Å². The molecular formula is C14H25NO3S2. The third kappa shape index (κ3) is 4.84. The van der Waals surface area contributed by atoms with Crippen LogP contribution in [0.15, 0.2) is 16.3 Å². The summed E-state index contributed by atoms with van der Waals surface area (Å²) in [6.07, 6.45) is 4.26. The third-order valence-electron chi connectivity index (χ3n) is 3.11. The van der Waals surface area contributed by atoms with Crippen LogP contribution in [0.25, 0.3) is 0 Å². The number of hydrogen-bond acceptors (Lipinski definition) is 4. The molecule has 0 aliphatic rings. The molecule has 1 N–H and O–H groups in total. The van der Waals surface area contributed by atoms with E-state index >= 15 is 0 Å². The minimum absolute atomic E-state index is 0.0510. The van der Waals surface area contributed by atoms with Crippen molar-refractivity contribution in [1.29, 1.82) is 0 Å². The van der Waals surface area contributed by atoms with Crippen molar-refractivity contribution in [2.75, 3.05) is 19.7 Å². The third-order valence-corrected chi connectivity index (χ3v) is 6.62. The number of thiophene rings is 1. The predicted octanol–water partition coefficient (Wildman–Crippen LogP) is 2.87. The molecule has 0 saturated carbocycles. The van der Waals surface area contributed by atoms with Crippen LogP contribution in [0.5, 0.6) is 0 Å². The first kappa shape index (κ1) is 17.6. The Morgan fingerprint density at radius 2 is 1.75 bits per heavy atom. The Bertz CT molecular complexity index is 474. The van der Waals surface area contributed by atoms with Gasteiger partial charge in [0.1, 0.15) is 4.21 Å². The van der Waals surface area contributed by atoms with Gasteiger partial charge in [0, 0.05) is 31.0 Å². The molecule has 0 atom stereocenters. The van der Waals surface area contributed by atoms with Crippen LogP contribution in [-0.4, -0.2) is 37.5 Å². The van der Waals surface area contributed by atoms with Crippen molar-refractivity contribution in [3.63, 3.8) is 0 Å². The van der Waals surface area contributed by atoms with Gasteiger partial charge >= 0.3 is 0 Å². The van der Waals surface area contributed by atoms with E-state index in [0.29, 0.717) is 23.7 Å². The fourth-order valence-corrected chi connectivity index (χ4v) is 4.91. The molecule has 1 heterocycles. The SMILES string of the molecule is CCCCN(CCCC)S(=O)(=O)c1ccc(CCO)s1. The van der Waals surface area contributed by atoms with Gasteiger partial charge in [-0.15, -0.1) is 11.3 Å². The number of aliphatic hydroxyl groups is 1. The van der Waals surface area contributed by atoms with Gasteiger partial charge in [-0.05, 0) is 25.0 Å². The standard InChI is InChI=1S/C14H25NO3S2/c1-3-5-10-15(11-6-4-2)20(17,18)14-8-7-13(19-14)9-12-16/h7-8,16H,3-6,9-12H2,1-2H3. The largest absolute Gasteiger partial charge is 0.396 e. The highest BCUT2D eigenvalue weighted by Gasteiger charge is 2.25. The van der Waals surface area contributed by atoms with E-state index in [4.69, 9.17) is 5.11 Å². The van der Waals surface area contributed by atoms with Crippen LogP contribution >= 0.6 is 11.3 Å². The van der Waals surface area contributed by atoms with E-state index in [1.165, 1.54) is 11.3 Å². The average molecular weight is 319 g/mol. The highest BCUT2D eigenvalue weighted by atomic mass is 32.2. The molecule has 1 aromatic rings. The summed E-state index contributed by atoms with van der Waals surface area (Å²) in [4.78, 5) is 0.914. The van der Waals surface area contributed by atoms with Crippen LogP contribution in [0.3, 0.4) is 0 Å². The summed E-state index contributed by atoms with van der Waals surface area (Å²) in [7, 11) is -3.37. The molecule has 0 spiro atoms. The Morgan fingerprint density at radius 3 is 2.25 bits per heavy atom. The Kier molecular flexibility index (Phi) is 7.72. The molecule has 0 aliphatic carbocycles. The summed E-state index contributed by atoms with van der Waals surface area (Å²) < 4.78 is 27.3. The Labute approximate surface area is 126 Å². The number of aliphatic hydroxyl groups excluding tert-OH is 1. The van der Waals surface area contributed by atoms with E-state index in [9.17, 15) is 8.42 Å². The highest BCUT2D eigenvalue weighted by Crippen LogP contribution is 2.25. The summed E-state index contributed by atoms with van der Waals surface area (Å²) in [5.41, 5.74) is 0. The molecule has 20 heavy (non-hydrogen) atoms. The zero-order valence-electron chi connectivity index (χ0n) is 12.3. The second-order valence-corrected chi connectivity index (χ2v) is 8.14. The van der Waals surface area contributed by atoms with Crippen molar-refractivity contribution in [3.8, 4) is 0 Å². The smallest absolute Gasteiger partial charge is 0.252 e. The lowest BCUT2D eigenvalue weighted by Crippen LogP contribution is -2.32. The van der Waals surface area contributed by atoms with Gasteiger partial charge < -0.3 is 5.11 Å². The van der Waals surface area contributed by atoms with Crippen molar-refractivity contribution in [3.05, 3.63) is 17.0 Å². The lowest BCUT2D eigenvalue weighted by Gasteiger charge is -2.20. The lowest BCUT2D eigenvalue weighted by atomic mass is 10.3. The second-order valence-electron chi connectivity index (χ2n) is 4.81. The maximum Gasteiger partial charge on any atom is 0.252 e. The van der Waals surface area contributed by atoms with Gasteiger partial charge in [-0.1, -0.05) is 26.7 Å². The maximum absolute atomic E-state index is 12.6. The van der Waals surface area contributed by atoms with Gasteiger partial charge in [-0.3, -0.25) is 0 Å². The molecule has 0 unspecified atom stereocenters. The summed E-state index contributed by atoms with van der Waals surface area (Å²) in [6, 6.07) is 3.46. The number of unbranched alkanes of at least 4 members (excludes halogenated alkanes) is 2. The quantitative estimate of drug-likeness (QED) is 0.721. The first-order chi connectivity index (χ1) is 9.56. The first-order valence-electron chi connectivity index (χ1n) is 7.26. The van der Waals surface area contributed by atoms with E-state index in [2.05, 4.69) is 13.8 Å². The molecule has 0 aromatic carbocycles. The molecule has 0 fully saturated rings. The van der Waals surface area contributed by atoms with E-state index in [1.54, 1.807) is 16.4 Å². The number of nitrogens with zero attached hydrogens (tertiary/aromatic N) is 1. The summed E-state index contributed by atoms with van der Waals surface area (Å²) in [5, 5.41) is 8.92. The van der Waals surface area contributed by atoms with Gasteiger partial charge in [0.05, 0.1) is 0 Å². The topological polar surface area (TPSA) is 57.6 Å². The molecule has 1 rings (SSSR count). The van der Waals surface area contributed by atoms with Gasteiger partial charge in [-0.2, -0.15) is 4.31 Å². The van der Waals surface area contributed by atoms with Crippen molar-refractivity contribution >= 4 is 21.4 Å². The van der Waals surface area contributed by atoms with Gasteiger partial charge in [0.2, 0.25) is 0 Å². The lowest BCUT2D eigenvalue weighted by molar-refractivity contribution is 0.300. The van der Waals surface area contributed by atoms with E-state index in [0.717, 1.165) is 30.6 Å². The molecule has 0 amide bonds. The second kappa shape index (κ2) is 8.77. The van der Waals surface area contributed by atoms with Gasteiger partial charge in [0.25, 0.3) is 10.0 Å². The van der Waals surface area contributed by atoms with Crippen LogP contribution in [-0.2, 0) is 16.4 Å². The monoisotopic (exact) mass is 319 g/mol. The number of rotatable bonds is 10. The normalized spacial score (nSPS) is 12.2. The summed E-state index contributed by atoms with van der Waals surface area (Å²) in [6.45, 7) is 5.36. The molecule has 0 radical (unpaired) electrons. The molecule has 0 saturated heterocycles. The minimum atomic E-state index is -3.37. The van der Waals surface area contributed by atoms with Gasteiger partial charge in [0.15, 0.2) is 0 Å². The molecule has 4 nitrogen and oxygen atoms in total. The number of hydrogen-bond donors (Lipinski definition) is 1. The van der Waals surface area contributed by atoms with Crippen LogP contribution in [0.1, 0.15) is 44.4 Å². The first-order valence-corrected chi connectivity index (χ1v) is 9.51. The van der Waals surface area contributed by atoms with E-state index in [-0.39, 0.29) is 6.61 Å². The zero-order valence-corrected chi connectivity index (χ0v) is 14.0. The van der Waals surface area contributed by atoms with Crippen LogP contribution < -0.4 is 0 Å². The van der Waals surface area contributed by atoms with Crippen LogP contribution in [0.2, 0.25) is 0 Å².